The highest BCUT2D eigenvalue weighted by Crippen LogP contribution is 2.25. The third-order valence-electron chi connectivity index (χ3n) is 4.85. The molecule has 4 heteroatoms. The van der Waals surface area contributed by atoms with Gasteiger partial charge in [0.15, 0.2) is 0 Å². The van der Waals surface area contributed by atoms with Crippen molar-refractivity contribution in [2.45, 2.75) is 13.0 Å². The SMILES string of the molecule is COc1ccc(C(C)N2CCN(c3ccc(C=O)cc3)CC2)cc1. The van der Waals surface area contributed by atoms with E-state index in [1.807, 2.05) is 36.4 Å². The summed E-state index contributed by atoms with van der Waals surface area (Å²) < 4.78 is 5.23. The number of hydrogen-bond acceptors (Lipinski definition) is 4. The number of nitrogens with zero attached hydrogens (tertiary/aromatic N) is 2. The van der Waals surface area contributed by atoms with Crippen molar-refractivity contribution in [1.82, 2.24) is 4.90 Å². The van der Waals surface area contributed by atoms with E-state index in [0.29, 0.717) is 6.04 Å². The van der Waals surface area contributed by atoms with E-state index in [1.54, 1.807) is 7.11 Å². The van der Waals surface area contributed by atoms with Gasteiger partial charge in [-0.15, -0.1) is 0 Å². The molecule has 1 saturated heterocycles. The number of piperazine rings is 1. The molecule has 4 nitrogen and oxygen atoms in total. The zero-order chi connectivity index (χ0) is 16.9. The molecule has 24 heavy (non-hydrogen) atoms. The third-order valence-corrected chi connectivity index (χ3v) is 4.85. The van der Waals surface area contributed by atoms with E-state index in [-0.39, 0.29) is 0 Å². The van der Waals surface area contributed by atoms with Crippen molar-refractivity contribution in [2.75, 3.05) is 38.2 Å². The van der Waals surface area contributed by atoms with Crippen LogP contribution in [0.1, 0.15) is 28.9 Å². The zero-order valence-electron chi connectivity index (χ0n) is 14.3. The number of anilines is 1. The fourth-order valence-corrected chi connectivity index (χ4v) is 3.22. The highest BCUT2D eigenvalue weighted by Gasteiger charge is 2.22. The van der Waals surface area contributed by atoms with Gasteiger partial charge in [0.2, 0.25) is 0 Å². The molecule has 126 valence electrons. The van der Waals surface area contributed by atoms with Crippen LogP contribution in [0.2, 0.25) is 0 Å². The lowest BCUT2D eigenvalue weighted by atomic mass is 10.1. The molecule has 1 unspecified atom stereocenters. The maximum Gasteiger partial charge on any atom is 0.150 e. The summed E-state index contributed by atoms with van der Waals surface area (Å²) in [4.78, 5) is 15.7. The molecule has 1 heterocycles. The molecule has 0 aliphatic carbocycles. The van der Waals surface area contributed by atoms with E-state index in [9.17, 15) is 4.79 Å². The molecule has 3 rings (SSSR count). The number of rotatable bonds is 5. The first-order chi connectivity index (χ1) is 11.7. The molecular formula is C20H24N2O2. The lowest BCUT2D eigenvalue weighted by molar-refractivity contribution is 0.112. The Hall–Kier alpha value is -2.33. The summed E-state index contributed by atoms with van der Waals surface area (Å²) in [6.45, 7) is 6.32. The Kier molecular flexibility index (Phi) is 5.16. The zero-order valence-corrected chi connectivity index (χ0v) is 14.3. The summed E-state index contributed by atoms with van der Waals surface area (Å²) in [6.07, 6.45) is 0.887. The summed E-state index contributed by atoms with van der Waals surface area (Å²) in [6, 6.07) is 16.6. The van der Waals surface area contributed by atoms with Gasteiger partial charge in [-0.2, -0.15) is 0 Å². The van der Waals surface area contributed by atoms with E-state index in [0.717, 1.165) is 43.8 Å². The molecule has 1 aliphatic rings. The van der Waals surface area contributed by atoms with Gasteiger partial charge in [-0.25, -0.2) is 0 Å². The first-order valence-electron chi connectivity index (χ1n) is 8.39. The molecule has 0 aromatic heterocycles. The molecule has 0 N–H and O–H groups in total. The van der Waals surface area contributed by atoms with Crippen LogP contribution in [-0.2, 0) is 0 Å². The van der Waals surface area contributed by atoms with E-state index < -0.39 is 0 Å². The van der Waals surface area contributed by atoms with Gasteiger partial charge in [0.25, 0.3) is 0 Å². The molecule has 2 aromatic rings. The predicted octanol–water partition coefficient (Wildman–Crippen LogP) is 3.39. The molecular weight excluding hydrogens is 300 g/mol. The Labute approximate surface area is 143 Å². The second-order valence-corrected chi connectivity index (χ2v) is 6.18. The van der Waals surface area contributed by atoms with Gasteiger partial charge < -0.3 is 9.64 Å². The highest BCUT2D eigenvalue weighted by molar-refractivity contribution is 5.75. The van der Waals surface area contributed by atoms with Crippen molar-refractivity contribution in [3.63, 3.8) is 0 Å². The van der Waals surface area contributed by atoms with Crippen LogP contribution in [0.4, 0.5) is 5.69 Å². The summed E-state index contributed by atoms with van der Waals surface area (Å²) in [7, 11) is 1.69. The molecule has 0 saturated carbocycles. The molecule has 1 atom stereocenters. The lowest BCUT2D eigenvalue weighted by Crippen LogP contribution is -2.47. The number of hydrogen-bond donors (Lipinski definition) is 0. The van der Waals surface area contributed by atoms with Gasteiger partial charge in [0.1, 0.15) is 12.0 Å². The van der Waals surface area contributed by atoms with Gasteiger partial charge in [-0.05, 0) is 48.9 Å². The number of benzene rings is 2. The van der Waals surface area contributed by atoms with Crippen molar-refractivity contribution in [1.29, 1.82) is 0 Å². The highest BCUT2D eigenvalue weighted by atomic mass is 16.5. The van der Waals surface area contributed by atoms with E-state index in [4.69, 9.17) is 4.74 Å². The van der Waals surface area contributed by atoms with Gasteiger partial charge in [0, 0.05) is 43.5 Å². The van der Waals surface area contributed by atoms with Gasteiger partial charge in [-0.3, -0.25) is 9.69 Å². The largest absolute Gasteiger partial charge is 0.497 e. The lowest BCUT2D eigenvalue weighted by Gasteiger charge is -2.39. The van der Waals surface area contributed by atoms with Crippen LogP contribution in [0.25, 0.3) is 0 Å². The van der Waals surface area contributed by atoms with Crippen LogP contribution < -0.4 is 9.64 Å². The summed E-state index contributed by atoms with van der Waals surface area (Å²) in [5, 5.41) is 0. The smallest absolute Gasteiger partial charge is 0.150 e. The maximum absolute atomic E-state index is 10.8. The molecule has 0 radical (unpaired) electrons. The molecule has 1 aliphatic heterocycles. The fourth-order valence-electron chi connectivity index (χ4n) is 3.22. The standard InChI is InChI=1S/C20H24N2O2/c1-16(18-5-9-20(24-2)10-6-18)21-11-13-22(14-12-21)19-7-3-17(15-23)4-8-19/h3-10,15-16H,11-14H2,1-2H3. The minimum absolute atomic E-state index is 0.399. The maximum atomic E-state index is 10.8. The number of carbonyl (C=O) groups excluding carboxylic acids is 1. The Bertz CT molecular complexity index is 659. The Morgan fingerprint density at radius 2 is 1.58 bits per heavy atom. The summed E-state index contributed by atoms with van der Waals surface area (Å²) in [5.74, 6) is 0.898. The van der Waals surface area contributed by atoms with Crippen molar-refractivity contribution in [3.8, 4) is 5.75 Å². The summed E-state index contributed by atoms with van der Waals surface area (Å²) >= 11 is 0. The number of methoxy groups -OCH3 is 1. The molecule has 0 bridgehead atoms. The molecule has 0 amide bonds. The quantitative estimate of drug-likeness (QED) is 0.789. The second kappa shape index (κ2) is 7.49. The average Bonchev–Trinajstić information content (AvgIpc) is 2.68. The van der Waals surface area contributed by atoms with E-state index >= 15 is 0 Å². The number of carbonyl (C=O) groups is 1. The second-order valence-electron chi connectivity index (χ2n) is 6.18. The van der Waals surface area contributed by atoms with Crippen LogP contribution in [-0.4, -0.2) is 44.5 Å². The van der Waals surface area contributed by atoms with Crippen LogP contribution >= 0.6 is 0 Å². The Balaban J connectivity index is 1.59. The monoisotopic (exact) mass is 324 g/mol. The van der Waals surface area contributed by atoms with Crippen LogP contribution in [0.5, 0.6) is 5.75 Å². The normalized spacial score (nSPS) is 16.7. The fraction of sp³-hybridized carbons (Fsp3) is 0.350. The molecule has 0 spiro atoms. The topological polar surface area (TPSA) is 32.8 Å². The average molecular weight is 324 g/mol. The van der Waals surface area contributed by atoms with Crippen molar-refractivity contribution in [3.05, 3.63) is 59.7 Å². The van der Waals surface area contributed by atoms with E-state index in [2.05, 4.69) is 28.9 Å². The Morgan fingerprint density at radius 3 is 2.12 bits per heavy atom. The van der Waals surface area contributed by atoms with Crippen molar-refractivity contribution >= 4 is 12.0 Å². The van der Waals surface area contributed by atoms with Gasteiger partial charge in [-0.1, -0.05) is 12.1 Å². The minimum Gasteiger partial charge on any atom is -0.497 e. The van der Waals surface area contributed by atoms with E-state index in [1.165, 1.54) is 11.3 Å². The van der Waals surface area contributed by atoms with Gasteiger partial charge in [0.05, 0.1) is 7.11 Å². The first-order valence-corrected chi connectivity index (χ1v) is 8.39. The predicted molar refractivity (Wildman–Crippen MR) is 97.0 cm³/mol. The molecule has 2 aromatic carbocycles. The van der Waals surface area contributed by atoms with Gasteiger partial charge >= 0.3 is 0 Å². The Morgan fingerprint density at radius 1 is 0.958 bits per heavy atom. The van der Waals surface area contributed by atoms with Crippen LogP contribution in [0, 0.1) is 0 Å². The van der Waals surface area contributed by atoms with Crippen LogP contribution in [0.15, 0.2) is 48.5 Å². The number of aldehydes is 1. The van der Waals surface area contributed by atoms with Crippen molar-refractivity contribution < 1.29 is 9.53 Å². The van der Waals surface area contributed by atoms with Crippen LogP contribution in [0.3, 0.4) is 0 Å². The first kappa shape index (κ1) is 16.5. The van der Waals surface area contributed by atoms with Crippen molar-refractivity contribution in [2.24, 2.45) is 0 Å². The summed E-state index contributed by atoms with van der Waals surface area (Å²) in [5.41, 5.74) is 3.24. The number of ether oxygens (including phenoxy) is 1. The third kappa shape index (κ3) is 3.60. The minimum atomic E-state index is 0.399. The molecule has 1 fully saturated rings.